The number of rotatable bonds is 6. The van der Waals surface area contributed by atoms with Gasteiger partial charge in [0.25, 0.3) is 0 Å². The molecule has 3 nitrogen and oxygen atoms in total. The molecule has 0 aliphatic carbocycles. The molecular weight excluding hydrogens is 325 g/mol. The van der Waals surface area contributed by atoms with Crippen LogP contribution in [0.5, 0.6) is 0 Å². The van der Waals surface area contributed by atoms with Crippen molar-refractivity contribution in [3.8, 4) is 0 Å². The Bertz CT molecular complexity index is 481. The van der Waals surface area contributed by atoms with Gasteiger partial charge in [0.05, 0.1) is 15.7 Å². The molecule has 0 aromatic heterocycles. The Morgan fingerprint density at radius 2 is 1.85 bits per heavy atom. The van der Waals surface area contributed by atoms with Gasteiger partial charge in [0.2, 0.25) is 0 Å². The van der Waals surface area contributed by atoms with E-state index in [4.69, 9.17) is 5.11 Å². The first kappa shape index (κ1) is 17.0. The molecule has 0 unspecified atom stereocenters. The van der Waals surface area contributed by atoms with Gasteiger partial charge >= 0.3 is 5.97 Å². The first-order chi connectivity index (χ1) is 9.25. The Morgan fingerprint density at radius 1 is 1.30 bits per heavy atom. The fourth-order valence-corrected chi connectivity index (χ4v) is 2.84. The molecule has 20 heavy (non-hydrogen) atoms. The summed E-state index contributed by atoms with van der Waals surface area (Å²) < 4.78 is 14.1. The van der Waals surface area contributed by atoms with Gasteiger partial charge in [-0.3, -0.25) is 0 Å². The lowest BCUT2D eigenvalue weighted by molar-refractivity contribution is 0.0695. The lowest BCUT2D eigenvalue weighted by Gasteiger charge is -2.25. The maximum Gasteiger partial charge on any atom is 0.336 e. The number of benzene rings is 1. The van der Waals surface area contributed by atoms with E-state index >= 15 is 0 Å². The van der Waals surface area contributed by atoms with Crippen LogP contribution in [0.3, 0.4) is 0 Å². The van der Waals surface area contributed by atoms with Gasteiger partial charge in [-0.2, -0.15) is 0 Å². The van der Waals surface area contributed by atoms with Crippen LogP contribution in [0.2, 0.25) is 0 Å². The van der Waals surface area contributed by atoms with Gasteiger partial charge in [0, 0.05) is 6.54 Å². The minimum Gasteiger partial charge on any atom is -0.478 e. The molecule has 0 saturated carbocycles. The number of carboxylic acids is 1. The lowest BCUT2D eigenvalue weighted by Crippen LogP contribution is -2.25. The second-order valence-electron chi connectivity index (χ2n) is 5.63. The molecule has 112 valence electrons. The fraction of sp³-hybridized carbons (Fsp3) is 0.533. The summed E-state index contributed by atoms with van der Waals surface area (Å²) in [6.07, 6.45) is 0. The molecule has 1 aromatic rings. The summed E-state index contributed by atoms with van der Waals surface area (Å²) >= 11 is 3.00. The summed E-state index contributed by atoms with van der Waals surface area (Å²) in [5.41, 5.74) is 0.255. The Hall–Kier alpha value is -1.10. The second kappa shape index (κ2) is 7.07. The number of hydrogen-bond acceptors (Lipinski definition) is 2. The fourth-order valence-electron chi connectivity index (χ4n) is 2.32. The summed E-state index contributed by atoms with van der Waals surface area (Å²) in [4.78, 5) is 10.9. The zero-order valence-corrected chi connectivity index (χ0v) is 13.8. The highest BCUT2D eigenvalue weighted by Crippen LogP contribution is 2.28. The third kappa shape index (κ3) is 3.95. The van der Waals surface area contributed by atoms with Crippen LogP contribution in [-0.4, -0.2) is 17.6 Å². The third-order valence-corrected chi connectivity index (χ3v) is 4.33. The number of carbonyl (C=O) groups is 1. The topological polar surface area (TPSA) is 49.3 Å². The van der Waals surface area contributed by atoms with E-state index in [1.54, 1.807) is 0 Å². The molecule has 0 bridgehead atoms. The van der Waals surface area contributed by atoms with Crippen molar-refractivity contribution in [2.45, 2.75) is 27.7 Å². The van der Waals surface area contributed by atoms with E-state index in [9.17, 15) is 9.18 Å². The molecule has 0 amide bonds. The highest BCUT2D eigenvalue weighted by atomic mass is 79.9. The molecule has 0 spiro atoms. The number of nitrogens with one attached hydrogen (secondary N) is 1. The van der Waals surface area contributed by atoms with E-state index in [0.29, 0.717) is 30.0 Å². The number of halogens is 2. The molecular formula is C15H21BrFNO2. The van der Waals surface area contributed by atoms with Crippen molar-refractivity contribution >= 4 is 27.6 Å². The van der Waals surface area contributed by atoms with Crippen molar-refractivity contribution in [2.75, 3.05) is 11.9 Å². The highest BCUT2D eigenvalue weighted by Gasteiger charge is 2.19. The van der Waals surface area contributed by atoms with E-state index in [1.165, 1.54) is 12.1 Å². The van der Waals surface area contributed by atoms with Gasteiger partial charge in [-0.15, -0.1) is 0 Å². The van der Waals surface area contributed by atoms with Crippen LogP contribution in [0, 0.1) is 23.6 Å². The van der Waals surface area contributed by atoms with E-state index in [1.807, 2.05) is 0 Å². The Balaban J connectivity index is 2.89. The van der Waals surface area contributed by atoms with Gasteiger partial charge in [0.15, 0.2) is 5.82 Å². The maximum absolute atomic E-state index is 14.1. The maximum atomic E-state index is 14.1. The molecule has 0 heterocycles. The predicted octanol–water partition coefficient (Wildman–Crippen LogP) is 4.63. The molecule has 1 aromatic carbocycles. The summed E-state index contributed by atoms with van der Waals surface area (Å²) in [5, 5.41) is 12.0. The first-order valence-corrected chi connectivity index (χ1v) is 7.50. The monoisotopic (exact) mass is 345 g/mol. The van der Waals surface area contributed by atoms with Gasteiger partial charge in [-0.1, -0.05) is 27.7 Å². The number of aromatic carboxylic acids is 1. The molecule has 0 aliphatic heterocycles. The summed E-state index contributed by atoms with van der Waals surface area (Å²) in [6.45, 7) is 9.24. The zero-order valence-electron chi connectivity index (χ0n) is 12.2. The standard InChI is InChI=1S/C15H21BrFNO2/c1-8(2)11(9(3)4)7-18-12-6-5-10(15(19)20)13(16)14(12)17/h5-6,8-9,11,18H,7H2,1-4H3,(H,19,20). The molecule has 1 rings (SSSR count). The van der Waals surface area contributed by atoms with Gasteiger partial charge in [-0.25, -0.2) is 9.18 Å². The van der Waals surface area contributed by atoms with Crippen LogP contribution in [0.1, 0.15) is 38.1 Å². The minimum atomic E-state index is -1.15. The number of carboxylic acid groups (broad SMARTS) is 1. The van der Waals surface area contributed by atoms with Crippen LogP contribution in [0.15, 0.2) is 16.6 Å². The number of hydrogen-bond donors (Lipinski definition) is 2. The quantitative estimate of drug-likeness (QED) is 0.790. The molecule has 0 aliphatic rings. The summed E-state index contributed by atoms with van der Waals surface area (Å²) in [5.74, 6) is -0.298. The molecule has 2 N–H and O–H groups in total. The van der Waals surface area contributed by atoms with Crippen molar-refractivity contribution in [3.63, 3.8) is 0 Å². The largest absolute Gasteiger partial charge is 0.478 e. The van der Waals surface area contributed by atoms with Crippen LogP contribution < -0.4 is 5.32 Å². The van der Waals surface area contributed by atoms with Crippen LogP contribution in [0.4, 0.5) is 10.1 Å². The predicted molar refractivity (Wildman–Crippen MR) is 82.7 cm³/mol. The van der Waals surface area contributed by atoms with Crippen molar-refractivity contribution < 1.29 is 14.3 Å². The average Bonchev–Trinajstić information content (AvgIpc) is 2.33. The summed E-state index contributed by atoms with van der Waals surface area (Å²) in [6, 6.07) is 2.87. The SMILES string of the molecule is CC(C)C(CNc1ccc(C(=O)O)c(Br)c1F)C(C)C. The smallest absolute Gasteiger partial charge is 0.336 e. The first-order valence-electron chi connectivity index (χ1n) is 6.70. The zero-order chi connectivity index (χ0) is 15.4. The van der Waals surface area contributed by atoms with Crippen molar-refractivity contribution in [2.24, 2.45) is 17.8 Å². The molecule has 0 radical (unpaired) electrons. The van der Waals surface area contributed by atoms with Crippen LogP contribution in [-0.2, 0) is 0 Å². The Kier molecular flexibility index (Phi) is 5.99. The van der Waals surface area contributed by atoms with E-state index < -0.39 is 11.8 Å². The van der Waals surface area contributed by atoms with E-state index in [-0.39, 0.29) is 10.0 Å². The van der Waals surface area contributed by atoms with Crippen LogP contribution >= 0.6 is 15.9 Å². The second-order valence-corrected chi connectivity index (χ2v) is 6.42. The van der Waals surface area contributed by atoms with Gasteiger partial charge < -0.3 is 10.4 Å². The Morgan fingerprint density at radius 3 is 2.30 bits per heavy atom. The average molecular weight is 346 g/mol. The molecule has 5 heteroatoms. The highest BCUT2D eigenvalue weighted by molar-refractivity contribution is 9.10. The van der Waals surface area contributed by atoms with Gasteiger partial charge in [0.1, 0.15) is 0 Å². The van der Waals surface area contributed by atoms with Crippen molar-refractivity contribution in [3.05, 3.63) is 28.0 Å². The summed E-state index contributed by atoms with van der Waals surface area (Å²) in [7, 11) is 0. The minimum absolute atomic E-state index is 0.0133. The lowest BCUT2D eigenvalue weighted by atomic mass is 9.85. The molecule has 0 saturated heterocycles. The van der Waals surface area contributed by atoms with Gasteiger partial charge in [-0.05, 0) is 45.8 Å². The molecule has 0 atom stereocenters. The molecule has 0 fully saturated rings. The number of anilines is 1. The van der Waals surface area contributed by atoms with Crippen molar-refractivity contribution in [1.82, 2.24) is 0 Å². The van der Waals surface area contributed by atoms with E-state index in [2.05, 4.69) is 48.9 Å². The normalized spacial score (nSPS) is 11.4. The Labute approximate surface area is 127 Å². The third-order valence-electron chi connectivity index (χ3n) is 3.55. The van der Waals surface area contributed by atoms with Crippen molar-refractivity contribution in [1.29, 1.82) is 0 Å². The van der Waals surface area contributed by atoms with Crippen LogP contribution in [0.25, 0.3) is 0 Å². The van der Waals surface area contributed by atoms with E-state index in [0.717, 1.165) is 0 Å².